The summed E-state index contributed by atoms with van der Waals surface area (Å²) in [5.41, 5.74) is 1.09. The summed E-state index contributed by atoms with van der Waals surface area (Å²) in [5, 5.41) is 21.3. The molecular weight excluding hydrogens is 370 g/mol. The first-order valence-electron chi connectivity index (χ1n) is 8.86. The number of aliphatic carboxylic acids is 1. The molecule has 148 valence electrons. The third kappa shape index (κ3) is 7.03. The van der Waals surface area contributed by atoms with Crippen molar-refractivity contribution >= 4 is 30.6 Å². The molecule has 27 heavy (non-hydrogen) atoms. The number of unbranched alkanes of at least 4 members (excludes halogenated alkanes) is 3. The highest BCUT2D eigenvalue weighted by molar-refractivity contribution is 5.95. The quantitative estimate of drug-likeness (QED) is 0.418. The highest BCUT2D eigenvalue weighted by atomic mass is 35.5. The number of nitrogens with one attached hydrogen (secondary N) is 1. The Morgan fingerprint density at radius 3 is 2.48 bits per heavy atom. The van der Waals surface area contributed by atoms with Crippen molar-refractivity contribution in [2.24, 2.45) is 4.99 Å². The van der Waals surface area contributed by atoms with Crippen LogP contribution < -0.4 is 5.32 Å². The predicted octanol–water partition coefficient (Wildman–Crippen LogP) is 2.80. The van der Waals surface area contributed by atoms with Gasteiger partial charge in [0.15, 0.2) is 18.6 Å². The Hall–Kier alpha value is -2.38. The van der Waals surface area contributed by atoms with E-state index in [9.17, 15) is 19.8 Å². The molecule has 1 aliphatic rings. The molecule has 0 saturated carbocycles. The average molecular weight is 397 g/mol. The molecule has 1 heterocycles. The molecule has 1 aromatic rings. The van der Waals surface area contributed by atoms with Gasteiger partial charge in [0, 0.05) is 6.54 Å². The lowest BCUT2D eigenvalue weighted by molar-refractivity contribution is -0.771. The molecule has 1 aliphatic heterocycles. The van der Waals surface area contributed by atoms with Crippen LogP contribution in [-0.2, 0) is 16.1 Å². The minimum atomic E-state index is -0.922. The Bertz CT molecular complexity index is 703. The number of rotatable bonds is 10. The zero-order valence-electron chi connectivity index (χ0n) is 15.4. The second-order valence-electron chi connectivity index (χ2n) is 6.55. The largest absolute Gasteiger partial charge is 0.508 e. The number of aromatic hydroxyl groups is 1. The molecule has 1 atom stereocenters. The topological polar surface area (TPSA) is 99.0 Å². The number of quaternary nitrogens is 1. The van der Waals surface area contributed by atoms with Crippen LogP contribution in [0, 0.1) is 0 Å². The van der Waals surface area contributed by atoms with Crippen molar-refractivity contribution < 1.29 is 24.3 Å². The first kappa shape index (κ1) is 22.7. The van der Waals surface area contributed by atoms with Gasteiger partial charge in [0.2, 0.25) is 0 Å². The molecule has 0 aliphatic carbocycles. The fraction of sp³-hybridized carbons (Fsp3) is 0.421. The van der Waals surface area contributed by atoms with Gasteiger partial charge in [0.05, 0.1) is 6.54 Å². The first-order valence-corrected chi connectivity index (χ1v) is 8.86. The highest BCUT2D eigenvalue weighted by Gasteiger charge is 2.33. The van der Waals surface area contributed by atoms with E-state index in [1.165, 1.54) is 0 Å². The normalized spacial score (nSPS) is 17.9. The number of nitrogens with zero attached hydrogens (tertiary/aromatic N) is 2. The lowest BCUT2D eigenvalue weighted by Gasteiger charge is -2.25. The van der Waals surface area contributed by atoms with Crippen LogP contribution in [-0.4, -0.2) is 46.0 Å². The zero-order valence-corrected chi connectivity index (χ0v) is 16.2. The number of benzene rings is 1. The number of phenols is 1. The van der Waals surface area contributed by atoms with E-state index in [1.54, 1.807) is 36.8 Å². The molecule has 0 bridgehead atoms. The van der Waals surface area contributed by atoms with E-state index in [0.717, 1.165) is 31.2 Å². The standard InChI is InChI=1S/C19H25N3O4.ClH/c1-2-3-4-5-10-22(13-18(24)25)12-17(21-14-22)19(26)20-11-15-6-8-16(23)9-7-15;/h6-9,12,14H,2-5,10-11,13H2,1H3,(H2-,20,23,24,25,26);1H/p+1. The van der Waals surface area contributed by atoms with E-state index in [1.807, 2.05) is 0 Å². The number of carboxylic acid groups (broad SMARTS) is 1. The van der Waals surface area contributed by atoms with Gasteiger partial charge in [0.25, 0.3) is 5.91 Å². The van der Waals surface area contributed by atoms with E-state index in [2.05, 4.69) is 17.2 Å². The van der Waals surface area contributed by atoms with Gasteiger partial charge >= 0.3 is 5.97 Å². The summed E-state index contributed by atoms with van der Waals surface area (Å²) in [5.74, 6) is -1.09. The van der Waals surface area contributed by atoms with Crippen LogP contribution in [0.15, 0.2) is 41.2 Å². The smallest absolute Gasteiger partial charge is 0.360 e. The summed E-state index contributed by atoms with van der Waals surface area (Å²) in [7, 11) is 0. The lowest BCUT2D eigenvalue weighted by atomic mass is 10.2. The summed E-state index contributed by atoms with van der Waals surface area (Å²) >= 11 is 0. The van der Waals surface area contributed by atoms with Crippen molar-refractivity contribution in [1.29, 1.82) is 0 Å². The minimum absolute atomic E-state index is 0. The zero-order chi connectivity index (χ0) is 19.0. The van der Waals surface area contributed by atoms with Gasteiger partial charge in [-0.15, -0.1) is 12.4 Å². The molecule has 0 spiro atoms. The minimum Gasteiger partial charge on any atom is -0.508 e. The summed E-state index contributed by atoms with van der Waals surface area (Å²) < 4.78 is 0.0704. The maximum atomic E-state index is 12.3. The molecule has 1 aromatic carbocycles. The SMILES string of the molecule is CCCCCC[N+]1(CC(=O)O)C=NC(C(=O)NCc2ccc(O)cc2)=C1.Cl. The van der Waals surface area contributed by atoms with Crippen LogP contribution in [0.5, 0.6) is 5.75 Å². The number of amides is 1. The first-order chi connectivity index (χ1) is 12.4. The summed E-state index contributed by atoms with van der Waals surface area (Å²) in [6.07, 6.45) is 7.30. The maximum absolute atomic E-state index is 12.3. The third-order valence-electron chi connectivity index (χ3n) is 4.29. The van der Waals surface area contributed by atoms with Crippen LogP contribution in [0.25, 0.3) is 0 Å². The number of halogens is 1. The van der Waals surface area contributed by atoms with E-state index in [0.29, 0.717) is 13.1 Å². The van der Waals surface area contributed by atoms with Crippen molar-refractivity contribution in [2.75, 3.05) is 13.1 Å². The van der Waals surface area contributed by atoms with Crippen molar-refractivity contribution in [2.45, 2.75) is 39.2 Å². The number of hydrogen-bond acceptors (Lipinski definition) is 4. The molecular formula is C19H27ClN3O4+. The van der Waals surface area contributed by atoms with Gasteiger partial charge in [0.1, 0.15) is 11.9 Å². The molecule has 1 amide bonds. The summed E-state index contributed by atoms with van der Waals surface area (Å²) in [6.45, 7) is 2.92. The van der Waals surface area contributed by atoms with Crippen LogP contribution in [0.4, 0.5) is 0 Å². The fourth-order valence-corrected chi connectivity index (χ4v) is 2.86. The van der Waals surface area contributed by atoms with Crippen LogP contribution in [0.2, 0.25) is 0 Å². The van der Waals surface area contributed by atoms with Gasteiger partial charge in [-0.25, -0.2) is 9.28 Å². The van der Waals surface area contributed by atoms with E-state index in [4.69, 9.17) is 0 Å². The average Bonchev–Trinajstić information content (AvgIpc) is 3.01. The Labute approximate surface area is 165 Å². The molecule has 0 radical (unpaired) electrons. The molecule has 7 nitrogen and oxygen atoms in total. The monoisotopic (exact) mass is 396 g/mol. The van der Waals surface area contributed by atoms with Crippen molar-refractivity contribution in [1.82, 2.24) is 5.32 Å². The van der Waals surface area contributed by atoms with Gasteiger partial charge in [-0.05, 0) is 30.5 Å². The van der Waals surface area contributed by atoms with Crippen molar-refractivity contribution in [3.63, 3.8) is 0 Å². The summed E-state index contributed by atoms with van der Waals surface area (Å²) in [6, 6.07) is 6.56. The molecule has 0 aromatic heterocycles. The Morgan fingerprint density at radius 2 is 1.85 bits per heavy atom. The molecule has 8 heteroatoms. The second-order valence-corrected chi connectivity index (χ2v) is 6.55. The second kappa shape index (κ2) is 10.7. The van der Waals surface area contributed by atoms with Crippen LogP contribution >= 0.6 is 12.4 Å². The van der Waals surface area contributed by atoms with E-state index in [-0.39, 0.29) is 40.8 Å². The van der Waals surface area contributed by atoms with E-state index >= 15 is 0 Å². The number of aliphatic imine (C=N–C) groups is 1. The number of carbonyl (C=O) groups is 2. The molecule has 3 N–H and O–H groups in total. The predicted molar refractivity (Wildman–Crippen MR) is 106 cm³/mol. The van der Waals surface area contributed by atoms with Gasteiger partial charge < -0.3 is 15.5 Å². The van der Waals surface area contributed by atoms with Crippen molar-refractivity contribution in [3.8, 4) is 5.75 Å². The Kier molecular flexibility index (Phi) is 8.97. The molecule has 1 unspecified atom stereocenters. The van der Waals surface area contributed by atoms with Crippen LogP contribution in [0.1, 0.15) is 38.2 Å². The van der Waals surface area contributed by atoms with Gasteiger partial charge in [-0.3, -0.25) is 4.79 Å². The van der Waals surface area contributed by atoms with E-state index < -0.39 is 5.97 Å². The van der Waals surface area contributed by atoms with Gasteiger partial charge in [-0.2, -0.15) is 4.99 Å². The third-order valence-corrected chi connectivity index (χ3v) is 4.29. The number of carboxylic acids is 1. The Balaban J connectivity index is 0.00000364. The Morgan fingerprint density at radius 1 is 1.15 bits per heavy atom. The fourth-order valence-electron chi connectivity index (χ4n) is 2.86. The summed E-state index contributed by atoms with van der Waals surface area (Å²) in [4.78, 5) is 27.7. The van der Waals surface area contributed by atoms with Gasteiger partial charge in [-0.1, -0.05) is 31.9 Å². The molecule has 0 fully saturated rings. The highest BCUT2D eigenvalue weighted by Crippen LogP contribution is 2.19. The maximum Gasteiger partial charge on any atom is 0.360 e. The van der Waals surface area contributed by atoms with Crippen LogP contribution in [0.3, 0.4) is 0 Å². The number of carbonyl (C=O) groups excluding carboxylic acids is 1. The number of hydrogen-bond donors (Lipinski definition) is 3. The lowest BCUT2D eigenvalue weighted by Crippen LogP contribution is -2.45. The molecule has 2 rings (SSSR count). The number of phenolic OH excluding ortho intramolecular Hbond substituents is 1. The van der Waals surface area contributed by atoms with Crippen molar-refractivity contribution in [3.05, 3.63) is 41.7 Å². The molecule has 0 saturated heterocycles.